The number of hydrogen-bond acceptors (Lipinski definition) is 7. The molecule has 29 heavy (non-hydrogen) atoms. The molecule has 2 aliphatic rings. The van der Waals surface area contributed by atoms with Crippen LogP contribution in [0.4, 0.5) is 10.1 Å². The van der Waals surface area contributed by atoms with Gasteiger partial charge in [0, 0.05) is 30.8 Å². The Morgan fingerprint density at radius 1 is 1.10 bits per heavy atom. The fourth-order valence-corrected chi connectivity index (χ4v) is 3.07. The molecule has 1 aromatic rings. The molecule has 0 N–H and O–H groups in total. The molecule has 8 heteroatoms. The predicted molar refractivity (Wildman–Crippen MR) is 103 cm³/mol. The Bertz CT molecular complexity index is 870. The zero-order valence-corrected chi connectivity index (χ0v) is 16.2. The second-order valence-electron chi connectivity index (χ2n) is 6.36. The lowest BCUT2D eigenvalue weighted by atomic mass is 10.1. The quantitative estimate of drug-likeness (QED) is 0.700. The zero-order valence-electron chi connectivity index (χ0n) is 16.2. The molecule has 1 aromatic carbocycles. The van der Waals surface area contributed by atoms with Crippen LogP contribution in [-0.4, -0.2) is 45.5 Å². The van der Waals surface area contributed by atoms with Crippen LogP contribution in [0, 0.1) is 5.82 Å². The van der Waals surface area contributed by atoms with Crippen LogP contribution in [0.15, 0.2) is 53.9 Å². The number of benzene rings is 1. The number of esters is 2. The summed E-state index contributed by atoms with van der Waals surface area (Å²) in [7, 11) is 2.41. The largest absolute Gasteiger partial charge is 0.487 e. The number of carbonyl (C=O) groups is 2. The van der Waals surface area contributed by atoms with E-state index in [9.17, 15) is 14.0 Å². The molecule has 0 atom stereocenters. The Balaban J connectivity index is 1.95. The van der Waals surface area contributed by atoms with Crippen molar-refractivity contribution in [1.82, 2.24) is 0 Å². The van der Waals surface area contributed by atoms with Crippen LogP contribution in [0.3, 0.4) is 0 Å². The van der Waals surface area contributed by atoms with Crippen LogP contribution in [0.1, 0.15) is 12.8 Å². The van der Waals surface area contributed by atoms with Crippen LogP contribution in [0.2, 0.25) is 0 Å². The van der Waals surface area contributed by atoms with Gasteiger partial charge in [0.05, 0.1) is 33.0 Å². The molecule has 1 saturated heterocycles. The fourth-order valence-electron chi connectivity index (χ4n) is 3.07. The maximum absolute atomic E-state index is 14.7. The van der Waals surface area contributed by atoms with Crippen molar-refractivity contribution in [3.05, 3.63) is 59.7 Å². The monoisotopic (exact) mass is 403 g/mol. The number of methoxy groups -OCH3 is 2. The van der Waals surface area contributed by atoms with Crippen molar-refractivity contribution in [2.45, 2.75) is 18.9 Å². The molecule has 0 spiro atoms. The van der Waals surface area contributed by atoms with Crippen molar-refractivity contribution in [3.63, 3.8) is 0 Å². The van der Waals surface area contributed by atoms with Gasteiger partial charge >= 0.3 is 11.9 Å². The van der Waals surface area contributed by atoms with Crippen LogP contribution in [0.5, 0.6) is 5.75 Å². The van der Waals surface area contributed by atoms with Crippen molar-refractivity contribution in [2.75, 3.05) is 32.3 Å². The number of anilines is 1. The molecule has 3 rings (SSSR count). The van der Waals surface area contributed by atoms with Gasteiger partial charge in [-0.05, 0) is 24.3 Å². The van der Waals surface area contributed by atoms with Gasteiger partial charge in [-0.25, -0.2) is 14.0 Å². The number of rotatable bonds is 5. The average Bonchev–Trinajstić information content (AvgIpc) is 2.98. The molecular weight excluding hydrogens is 381 g/mol. The second kappa shape index (κ2) is 9.38. The summed E-state index contributed by atoms with van der Waals surface area (Å²) < 4.78 is 35.4. The molecule has 0 bridgehead atoms. The van der Waals surface area contributed by atoms with Gasteiger partial charge in [-0.3, -0.25) is 0 Å². The van der Waals surface area contributed by atoms with E-state index >= 15 is 0 Å². The van der Waals surface area contributed by atoms with Gasteiger partial charge in [-0.1, -0.05) is 6.08 Å². The summed E-state index contributed by atoms with van der Waals surface area (Å²) >= 11 is 0. The SMILES string of the molecule is COC(=O)C1=C(C(=O)OC)N(c2ccc(OC3CCOCC3)c(F)c2)C=CC=C1. The predicted octanol–water partition coefficient (Wildman–Crippen LogP) is 2.87. The van der Waals surface area contributed by atoms with Gasteiger partial charge < -0.3 is 23.8 Å². The van der Waals surface area contributed by atoms with E-state index < -0.39 is 17.8 Å². The third-order valence-corrected chi connectivity index (χ3v) is 4.54. The highest BCUT2D eigenvalue weighted by atomic mass is 19.1. The van der Waals surface area contributed by atoms with Crippen molar-refractivity contribution < 1.29 is 32.9 Å². The zero-order chi connectivity index (χ0) is 20.8. The highest BCUT2D eigenvalue weighted by Crippen LogP contribution is 2.31. The molecule has 154 valence electrons. The van der Waals surface area contributed by atoms with Crippen LogP contribution < -0.4 is 9.64 Å². The number of halogens is 1. The molecule has 2 aliphatic heterocycles. The van der Waals surface area contributed by atoms with Crippen LogP contribution in [0.25, 0.3) is 0 Å². The number of hydrogen-bond donors (Lipinski definition) is 0. The maximum atomic E-state index is 14.7. The van der Waals surface area contributed by atoms with E-state index in [1.54, 1.807) is 18.2 Å². The molecule has 0 aliphatic carbocycles. The second-order valence-corrected chi connectivity index (χ2v) is 6.36. The molecular formula is C21H22FNO6. The summed E-state index contributed by atoms with van der Waals surface area (Å²) in [6, 6.07) is 4.34. The Morgan fingerprint density at radius 3 is 2.48 bits per heavy atom. The van der Waals surface area contributed by atoms with Gasteiger partial charge in [-0.2, -0.15) is 0 Å². The summed E-state index contributed by atoms with van der Waals surface area (Å²) in [5.41, 5.74) is 0.234. The fraction of sp³-hybridized carbons (Fsp3) is 0.333. The first-order chi connectivity index (χ1) is 14.0. The first-order valence-corrected chi connectivity index (χ1v) is 9.14. The first kappa shape index (κ1) is 20.6. The molecule has 0 amide bonds. The average molecular weight is 403 g/mol. The molecule has 2 heterocycles. The van der Waals surface area contributed by atoms with Crippen molar-refractivity contribution in [3.8, 4) is 5.75 Å². The minimum absolute atomic E-state index is 0.00714. The molecule has 0 radical (unpaired) electrons. The Kier molecular flexibility index (Phi) is 6.66. The minimum Gasteiger partial charge on any atom is -0.487 e. The highest BCUT2D eigenvalue weighted by molar-refractivity contribution is 6.05. The van der Waals surface area contributed by atoms with E-state index in [0.29, 0.717) is 31.7 Å². The number of ether oxygens (including phenoxy) is 4. The molecule has 0 unspecified atom stereocenters. The van der Waals surface area contributed by atoms with E-state index in [4.69, 9.17) is 18.9 Å². The van der Waals surface area contributed by atoms with Gasteiger partial charge in [-0.15, -0.1) is 0 Å². The van der Waals surface area contributed by atoms with Crippen molar-refractivity contribution >= 4 is 17.6 Å². The van der Waals surface area contributed by atoms with E-state index in [2.05, 4.69) is 0 Å². The Hall–Kier alpha value is -3.13. The first-order valence-electron chi connectivity index (χ1n) is 9.14. The number of nitrogens with zero attached hydrogens (tertiary/aromatic N) is 1. The van der Waals surface area contributed by atoms with Crippen LogP contribution >= 0.6 is 0 Å². The summed E-state index contributed by atoms with van der Waals surface area (Å²) in [5, 5.41) is 0. The molecule has 0 saturated carbocycles. The lowest BCUT2D eigenvalue weighted by Crippen LogP contribution is -2.27. The standard InChI is InChI=1S/C21H22FNO6/c1-26-20(24)16-5-3-4-10-23(19(16)21(25)27-2)14-6-7-18(17(22)13-14)29-15-8-11-28-12-9-15/h3-7,10,13,15H,8-9,11-12H2,1-2H3. The minimum atomic E-state index is -0.760. The van der Waals surface area contributed by atoms with Crippen LogP contribution in [-0.2, 0) is 23.8 Å². The molecule has 0 aromatic heterocycles. The van der Waals surface area contributed by atoms with Crippen molar-refractivity contribution in [1.29, 1.82) is 0 Å². The van der Waals surface area contributed by atoms with Gasteiger partial charge in [0.1, 0.15) is 11.8 Å². The normalized spacial score (nSPS) is 17.1. The summed E-state index contributed by atoms with van der Waals surface area (Å²) in [6.07, 6.45) is 7.44. The highest BCUT2D eigenvalue weighted by Gasteiger charge is 2.28. The van der Waals surface area contributed by atoms with Gasteiger partial charge in [0.2, 0.25) is 0 Å². The molecule has 1 fully saturated rings. The van der Waals surface area contributed by atoms with Gasteiger partial charge in [0.25, 0.3) is 0 Å². The lowest BCUT2D eigenvalue weighted by Gasteiger charge is -2.25. The molecule has 7 nitrogen and oxygen atoms in total. The van der Waals surface area contributed by atoms with Crippen molar-refractivity contribution in [2.24, 2.45) is 0 Å². The lowest BCUT2D eigenvalue weighted by molar-refractivity contribution is -0.139. The van der Waals surface area contributed by atoms with E-state index in [-0.39, 0.29) is 23.1 Å². The topological polar surface area (TPSA) is 74.3 Å². The smallest absolute Gasteiger partial charge is 0.355 e. The van der Waals surface area contributed by atoms with E-state index in [1.807, 2.05) is 0 Å². The Morgan fingerprint density at radius 2 is 1.83 bits per heavy atom. The van der Waals surface area contributed by atoms with E-state index in [0.717, 1.165) is 0 Å². The Labute approximate surface area is 168 Å². The summed E-state index contributed by atoms with van der Waals surface area (Å²) in [5.74, 6) is -1.93. The summed E-state index contributed by atoms with van der Waals surface area (Å²) in [6.45, 7) is 1.17. The van der Waals surface area contributed by atoms with E-state index in [1.165, 1.54) is 43.5 Å². The number of carbonyl (C=O) groups excluding carboxylic acids is 2. The maximum Gasteiger partial charge on any atom is 0.355 e. The number of allylic oxidation sites excluding steroid dienone is 2. The third-order valence-electron chi connectivity index (χ3n) is 4.54. The third kappa shape index (κ3) is 4.65. The summed E-state index contributed by atoms with van der Waals surface area (Å²) in [4.78, 5) is 26.0. The van der Waals surface area contributed by atoms with Gasteiger partial charge in [0.15, 0.2) is 11.6 Å².